The van der Waals surface area contributed by atoms with Gasteiger partial charge in [-0.3, -0.25) is 4.79 Å². The number of furan rings is 1. The molecular weight excluding hydrogens is 376 g/mol. The van der Waals surface area contributed by atoms with Gasteiger partial charge in [0, 0.05) is 24.5 Å². The number of halogens is 2. The molecule has 2 aromatic heterocycles. The van der Waals surface area contributed by atoms with Crippen LogP contribution in [0.4, 0.5) is 8.78 Å². The predicted molar refractivity (Wildman–Crippen MR) is 104 cm³/mol. The van der Waals surface area contributed by atoms with E-state index in [4.69, 9.17) is 4.42 Å². The molecule has 2 aromatic carbocycles. The van der Waals surface area contributed by atoms with Gasteiger partial charge in [0.2, 0.25) is 0 Å². The molecule has 146 valence electrons. The van der Waals surface area contributed by atoms with Crippen LogP contribution in [0.25, 0.3) is 17.0 Å². The first kappa shape index (κ1) is 18.6. The molecule has 2 heterocycles. The van der Waals surface area contributed by atoms with Crippen molar-refractivity contribution in [1.82, 2.24) is 14.9 Å². The van der Waals surface area contributed by atoms with Crippen LogP contribution in [-0.4, -0.2) is 15.5 Å². The van der Waals surface area contributed by atoms with E-state index >= 15 is 0 Å². The molecule has 0 aliphatic carbocycles. The Balaban J connectivity index is 1.43. The standard InChI is InChI=1S/C22H17F2N3O2/c1-14-25-10-11-27(14)19-7-2-15(12-18(19)24)13-26-22(28)21-9-8-20(29-21)16-3-5-17(23)6-4-16/h2-12H,13H2,1H3,(H,26,28). The number of aryl methyl sites for hydroxylation is 1. The second-order valence-electron chi connectivity index (χ2n) is 6.48. The number of hydrogen-bond acceptors (Lipinski definition) is 3. The molecule has 4 rings (SSSR count). The average molecular weight is 393 g/mol. The van der Waals surface area contributed by atoms with Gasteiger partial charge >= 0.3 is 0 Å². The molecule has 1 N–H and O–H groups in total. The summed E-state index contributed by atoms with van der Waals surface area (Å²) in [6, 6.07) is 13.7. The molecule has 0 saturated carbocycles. The monoisotopic (exact) mass is 393 g/mol. The van der Waals surface area contributed by atoms with Gasteiger partial charge < -0.3 is 14.3 Å². The fourth-order valence-corrected chi connectivity index (χ4v) is 2.99. The second-order valence-corrected chi connectivity index (χ2v) is 6.48. The maximum Gasteiger partial charge on any atom is 0.287 e. The highest BCUT2D eigenvalue weighted by Gasteiger charge is 2.13. The molecule has 0 unspecified atom stereocenters. The van der Waals surface area contributed by atoms with Gasteiger partial charge in [0.05, 0.1) is 5.69 Å². The van der Waals surface area contributed by atoms with E-state index in [1.165, 1.54) is 18.2 Å². The Morgan fingerprint density at radius 3 is 2.59 bits per heavy atom. The third-order valence-electron chi connectivity index (χ3n) is 4.51. The van der Waals surface area contributed by atoms with Gasteiger partial charge in [-0.1, -0.05) is 6.07 Å². The molecule has 0 spiro atoms. The highest BCUT2D eigenvalue weighted by Crippen LogP contribution is 2.22. The maximum absolute atomic E-state index is 14.5. The van der Waals surface area contributed by atoms with Crippen molar-refractivity contribution >= 4 is 5.91 Å². The number of carbonyl (C=O) groups excluding carboxylic acids is 1. The lowest BCUT2D eigenvalue weighted by molar-refractivity contribution is 0.0924. The van der Waals surface area contributed by atoms with Crippen LogP contribution in [0.2, 0.25) is 0 Å². The number of hydrogen-bond donors (Lipinski definition) is 1. The topological polar surface area (TPSA) is 60.1 Å². The number of imidazole rings is 1. The van der Waals surface area contributed by atoms with Crippen molar-refractivity contribution in [1.29, 1.82) is 0 Å². The Hall–Kier alpha value is -3.74. The quantitative estimate of drug-likeness (QED) is 0.537. The average Bonchev–Trinajstić information content (AvgIpc) is 3.36. The molecule has 0 aliphatic heterocycles. The summed E-state index contributed by atoms with van der Waals surface area (Å²) in [6.45, 7) is 1.93. The van der Waals surface area contributed by atoms with Crippen molar-refractivity contribution < 1.29 is 18.0 Å². The van der Waals surface area contributed by atoms with Crippen LogP contribution in [0, 0.1) is 18.6 Å². The number of amides is 1. The van der Waals surface area contributed by atoms with E-state index in [9.17, 15) is 13.6 Å². The van der Waals surface area contributed by atoms with E-state index in [0.717, 1.165) is 0 Å². The zero-order valence-electron chi connectivity index (χ0n) is 15.5. The van der Waals surface area contributed by atoms with Crippen molar-refractivity contribution in [2.75, 3.05) is 0 Å². The van der Waals surface area contributed by atoms with E-state index in [1.54, 1.807) is 60.3 Å². The summed E-state index contributed by atoms with van der Waals surface area (Å²) in [6.07, 6.45) is 3.29. The first-order valence-electron chi connectivity index (χ1n) is 8.94. The Morgan fingerprint density at radius 2 is 1.90 bits per heavy atom. The number of aromatic nitrogens is 2. The van der Waals surface area contributed by atoms with Gasteiger partial charge in [0.15, 0.2) is 5.76 Å². The van der Waals surface area contributed by atoms with E-state index in [1.807, 2.05) is 0 Å². The van der Waals surface area contributed by atoms with Crippen molar-refractivity contribution in [3.05, 3.63) is 95.8 Å². The van der Waals surface area contributed by atoms with Crippen LogP contribution in [-0.2, 0) is 6.54 Å². The summed E-state index contributed by atoms with van der Waals surface area (Å²) in [5.41, 5.74) is 1.67. The number of nitrogens with one attached hydrogen (secondary N) is 1. The van der Waals surface area contributed by atoms with Crippen LogP contribution < -0.4 is 5.32 Å². The van der Waals surface area contributed by atoms with E-state index in [0.29, 0.717) is 28.4 Å². The van der Waals surface area contributed by atoms with Gasteiger partial charge in [0.1, 0.15) is 23.2 Å². The number of rotatable bonds is 5. The van der Waals surface area contributed by atoms with Crippen molar-refractivity contribution in [2.45, 2.75) is 13.5 Å². The zero-order chi connectivity index (χ0) is 20.4. The van der Waals surface area contributed by atoms with Gasteiger partial charge in [-0.15, -0.1) is 0 Å². The van der Waals surface area contributed by atoms with E-state index in [2.05, 4.69) is 10.3 Å². The van der Waals surface area contributed by atoms with Gasteiger partial charge in [-0.2, -0.15) is 0 Å². The molecular formula is C22H17F2N3O2. The number of benzene rings is 2. The number of nitrogens with zero attached hydrogens (tertiary/aromatic N) is 2. The van der Waals surface area contributed by atoms with Gasteiger partial charge in [-0.25, -0.2) is 13.8 Å². The second kappa shape index (κ2) is 7.71. The van der Waals surface area contributed by atoms with Crippen LogP contribution in [0.3, 0.4) is 0 Å². The molecule has 0 saturated heterocycles. The molecule has 5 nitrogen and oxygen atoms in total. The predicted octanol–water partition coefficient (Wildman–Crippen LogP) is 4.65. The Labute approximate surface area is 165 Å². The third kappa shape index (κ3) is 3.94. The van der Waals surface area contributed by atoms with Crippen LogP contribution >= 0.6 is 0 Å². The minimum absolute atomic E-state index is 0.121. The maximum atomic E-state index is 14.5. The highest BCUT2D eigenvalue weighted by molar-refractivity contribution is 5.92. The Morgan fingerprint density at radius 1 is 1.10 bits per heavy atom. The normalized spacial score (nSPS) is 10.9. The van der Waals surface area contributed by atoms with Crippen molar-refractivity contribution in [2.24, 2.45) is 0 Å². The fraction of sp³-hybridized carbons (Fsp3) is 0.0909. The first-order chi connectivity index (χ1) is 14.0. The molecule has 7 heteroatoms. The summed E-state index contributed by atoms with van der Waals surface area (Å²) in [4.78, 5) is 16.4. The fourth-order valence-electron chi connectivity index (χ4n) is 2.99. The Kier molecular flexibility index (Phi) is 4.95. The molecule has 0 aliphatic rings. The zero-order valence-corrected chi connectivity index (χ0v) is 15.5. The van der Waals surface area contributed by atoms with Crippen molar-refractivity contribution in [3.8, 4) is 17.0 Å². The highest BCUT2D eigenvalue weighted by atomic mass is 19.1. The molecule has 1 amide bonds. The largest absolute Gasteiger partial charge is 0.451 e. The number of carbonyl (C=O) groups is 1. The summed E-state index contributed by atoms with van der Waals surface area (Å²) >= 11 is 0. The van der Waals surface area contributed by atoms with Crippen molar-refractivity contribution in [3.63, 3.8) is 0 Å². The summed E-state index contributed by atoms with van der Waals surface area (Å²) in [5, 5.41) is 2.70. The lowest BCUT2D eigenvalue weighted by atomic mass is 10.2. The van der Waals surface area contributed by atoms with E-state index in [-0.39, 0.29) is 18.1 Å². The summed E-state index contributed by atoms with van der Waals surface area (Å²) < 4.78 is 34.7. The minimum atomic E-state index is -0.423. The van der Waals surface area contributed by atoms with Gasteiger partial charge in [-0.05, 0) is 61.0 Å². The lowest BCUT2D eigenvalue weighted by Crippen LogP contribution is -2.22. The van der Waals surface area contributed by atoms with Crippen LogP contribution in [0.5, 0.6) is 0 Å². The summed E-state index contributed by atoms with van der Waals surface area (Å²) in [7, 11) is 0. The third-order valence-corrected chi connectivity index (χ3v) is 4.51. The van der Waals surface area contributed by atoms with Crippen LogP contribution in [0.1, 0.15) is 21.9 Å². The molecule has 0 fully saturated rings. The molecule has 29 heavy (non-hydrogen) atoms. The lowest BCUT2D eigenvalue weighted by Gasteiger charge is -2.09. The smallest absolute Gasteiger partial charge is 0.287 e. The first-order valence-corrected chi connectivity index (χ1v) is 8.94. The minimum Gasteiger partial charge on any atom is -0.451 e. The molecule has 0 atom stereocenters. The molecule has 0 radical (unpaired) electrons. The summed E-state index contributed by atoms with van der Waals surface area (Å²) in [5.74, 6) is 0.0823. The van der Waals surface area contributed by atoms with Gasteiger partial charge in [0.25, 0.3) is 5.91 Å². The SMILES string of the molecule is Cc1nccn1-c1ccc(CNC(=O)c2ccc(-c3ccc(F)cc3)o2)cc1F. The Bertz CT molecular complexity index is 1160. The van der Waals surface area contributed by atoms with E-state index < -0.39 is 11.7 Å². The molecule has 4 aromatic rings. The van der Waals surface area contributed by atoms with Crippen LogP contribution in [0.15, 0.2) is 71.4 Å². The molecule has 0 bridgehead atoms.